The first kappa shape index (κ1) is 14.1. The molecule has 2 aromatic carbocycles. The Bertz CT molecular complexity index is 611. The van der Waals surface area contributed by atoms with E-state index in [1.165, 1.54) is 18.2 Å². The highest BCUT2D eigenvalue weighted by atomic mass is 19.4. The molecule has 0 heterocycles. The van der Waals surface area contributed by atoms with Crippen molar-refractivity contribution in [3.8, 4) is 0 Å². The van der Waals surface area contributed by atoms with Crippen LogP contribution in [0.15, 0.2) is 54.6 Å². The summed E-state index contributed by atoms with van der Waals surface area (Å²) >= 11 is 0. The second kappa shape index (κ2) is 5.34. The molecule has 20 heavy (non-hydrogen) atoms. The number of hydrogen-bond donors (Lipinski definition) is 1. The molecule has 0 bridgehead atoms. The summed E-state index contributed by atoms with van der Waals surface area (Å²) in [6, 6.07) is 11.7. The van der Waals surface area contributed by atoms with Gasteiger partial charge in [0.05, 0.1) is 11.3 Å². The van der Waals surface area contributed by atoms with Crippen LogP contribution >= 0.6 is 0 Å². The van der Waals surface area contributed by atoms with Gasteiger partial charge in [0.15, 0.2) is 0 Å². The van der Waals surface area contributed by atoms with Crippen LogP contribution in [-0.4, -0.2) is 11.1 Å². The Morgan fingerprint density at radius 1 is 1.00 bits per heavy atom. The lowest BCUT2D eigenvalue weighted by Crippen LogP contribution is -2.27. The molecule has 0 saturated heterocycles. The number of carbonyl (C=O) groups is 1. The van der Waals surface area contributed by atoms with Gasteiger partial charge in [0.25, 0.3) is 5.91 Å². The van der Waals surface area contributed by atoms with Crippen molar-refractivity contribution in [2.75, 3.05) is 5.06 Å². The minimum atomic E-state index is -4.54. The van der Waals surface area contributed by atoms with Gasteiger partial charge in [0.2, 0.25) is 0 Å². The van der Waals surface area contributed by atoms with Crippen molar-refractivity contribution < 1.29 is 23.2 Å². The van der Waals surface area contributed by atoms with Gasteiger partial charge in [-0.25, -0.2) is 0 Å². The number of para-hydroxylation sites is 1. The van der Waals surface area contributed by atoms with Crippen LogP contribution in [0.1, 0.15) is 15.9 Å². The Morgan fingerprint density at radius 3 is 2.25 bits per heavy atom. The Kier molecular flexibility index (Phi) is 3.76. The van der Waals surface area contributed by atoms with E-state index in [9.17, 15) is 23.2 Å². The smallest absolute Gasteiger partial charge is 0.281 e. The number of anilines is 1. The molecular weight excluding hydrogens is 271 g/mol. The summed E-state index contributed by atoms with van der Waals surface area (Å²) in [5.41, 5.74) is -1.01. The van der Waals surface area contributed by atoms with E-state index in [1.807, 2.05) is 0 Å². The Balaban J connectivity index is 2.30. The molecule has 0 aliphatic carbocycles. The second-order valence-electron chi connectivity index (χ2n) is 4.03. The molecule has 1 N–H and O–H groups in total. The van der Waals surface area contributed by atoms with E-state index in [1.54, 1.807) is 18.2 Å². The summed E-state index contributed by atoms with van der Waals surface area (Å²) in [5, 5.41) is 10.1. The molecule has 0 aliphatic heterocycles. The first-order chi connectivity index (χ1) is 9.39. The third-order valence-electron chi connectivity index (χ3n) is 2.63. The monoisotopic (exact) mass is 281 g/mol. The number of nitrogens with zero attached hydrogens (tertiary/aromatic N) is 1. The van der Waals surface area contributed by atoms with Crippen LogP contribution in [0.2, 0.25) is 0 Å². The van der Waals surface area contributed by atoms with Crippen molar-refractivity contribution in [1.82, 2.24) is 0 Å². The first-order valence-corrected chi connectivity index (χ1v) is 5.65. The van der Waals surface area contributed by atoms with Gasteiger partial charge in [0, 0.05) is 5.56 Å². The fraction of sp³-hybridized carbons (Fsp3) is 0.0714. The maximum atomic E-state index is 12.6. The Labute approximate surface area is 112 Å². The lowest BCUT2D eigenvalue weighted by atomic mass is 10.1. The summed E-state index contributed by atoms with van der Waals surface area (Å²) in [4.78, 5) is 11.9. The van der Waals surface area contributed by atoms with E-state index in [-0.39, 0.29) is 11.3 Å². The SMILES string of the molecule is O=C(c1cccc(C(F)(F)F)c1)N(O)c1ccccc1. The number of benzene rings is 2. The van der Waals surface area contributed by atoms with Gasteiger partial charge < -0.3 is 0 Å². The fourth-order valence-electron chi connectivity index (χ4n) is 1.64. The van der Waals surface area contributed by atoms with Gasteiger partial charge in [-0.3, -0.25) is 10.0 Å². The molecule has 1 amide bonds. The number of alkyl halides is 3. The summed E-state index contributed by atoms with van der Waals surface area (Å²) in [5.74, 6) is -0.928. The van der Waals surface area contributed by atoms with E-state index in [4.69, 9.17) is 0 Å². The van der Waals surface area contributed by atoms with E-state index in [2.05, 4.69) is 0 Å². The molecule has 0 fully saturated rings. The highest BCUT2D eigenvalue weighted by Crippen LogP contribution is 2.30. The lowest BCUT2D eigenvalue weighted by Gasteiger charge is -2.15. The molecule has 0 saturated carbocycles. The molecule has 104 valence electrons. The Morgan fingerprint density at radius 2 is 1.65 bits per heavy atom. The molecule has 0 aliphatic rings. The largest absolute Gasteiger partial charge is 0.416 e. The molecule has 0 atom stereocenters. The topological polar surface area (TPSA) is 40.5 Å². The summed E-state index contributed by atoms with van der Waals surface area (Å²) < 4.78 is 37.7. The van der Waals surface area contributed by atoms with Crippen molar-refractivity contribution in [2.24, 2.45) is 0 Å². The van der Waals surface area contributed by atoms with E-state index in [0.717, 1.165) is 12.1 Å². The third-order valence-corrected chi connectivity index (χ3v) is 2.63. The van der Waals surface area contributed by atoms with Gasteiger partial charge in [-0.05, 0) is 30.3 Å². The average molecular weight is 281 g/mol. The molecule has 2 rings (SSSR count). The highest BCUT2D eigenvalue weighted by molar-refractivity contribution is 6.04. The molecule has 0 unspecified atom stereocenters. The number of amides is 1. The number of halogens is 3. The molecule has 6 heteroatoms. The highest BCUT2D eigenvalue weighted by Gasteiger charge is 2.31. The molecule has 0 spiro atoms. The van der Waals surface area contributed by atoms with Crippen LogP contribution in [0, 0.1) is 0 Å². The Hall–Kier alpha value is -2.34. The van der Waals surface area contributed by atoms with Crippen molar-refractivity contribution in [3.63, 3.8) is 0 Å². The first-order valence-electron chi connectivity index (χ1n) is 5.65. The van der Waals surface area contributed by atoms with E-state index < -0.39 is 17.6 Å². The summed E-state index contributed by atoms with van der Waals surface area (Å²) in [6.45, 7) is 0. The van der Waals surface area contributed by atoms with Crippen molar-refractivity contribution in [3.05, 3.63) is 65.7 Å². The van der Waals surface area contributed by atoms with Crippen molar-refractivity contribution in [2.45, 2.75) is 6.18 Å². The average Bonchev–Trinajstić information content (AvgIpc) is 2.46. The maximum Gasteiger partial charge on any atom is 0.416 e. The van der Waals surface area contributed by atoms with Gasteiger partial charge in [-0.2, -0.15) is 18.2 Å². The normalized spacial score (nSPS) is 11.2. The van der Waals surface area contributed by atoms with Gasteiger partial charge in [-0.1, -0.05) is 24.3 Å². The van der Waals surface area contributed by atoms with Crippen LogP contribution < -0.4 is 5.06 Å². The second-order valence-corrected chi connectivity index (χ2v) is 4.03. The predicted molar refractivity (Wildman–Crippen MR) is 66.5 cm³/mol. The van der Waals surface area contributed by atoms with Crippen molar-refractivity contribution >= 4 is 11.6 Å². The van der Waals surface area contributed by atoms with Crippen molar-refractivity contribution in [1.29, 1.82) is 0 Å². The molecule has 0 radical (unpaired) electrons. The molecule has 0 aromatic heterocycles. The van der Waals surface area contributed by atoms with Crippen LogP contribution in [0.25, 0.3) is 0 Å². The van der Waals surface area contributed by atoms with Crippen LogP contribution in [0.5, 0.6) is 0 Å². The van der Waals surface area contributed by atoms with Crippen LogP contribution in [-0.2, 0) is 6.18 Å². The summed E-state index contributed by atoms with van der Waals surface area (Å²) in [7, 11) is 0. The molecule has 2 aromatic rings. The standard InChI is InChI=1S/C14H10F3NO2/c15-14(16,17)11-6-4-5-10(9-11)13(19)18(20)12-7-2-1-3-8-12/h1-9,20H. The van der Waals surface area contributed by atoms with E-state index >= 15 is 0 Å². The quantitative estimate of drug-likeness (QED) is 0.673. The number of rotatable bonds is 2. The van der Waals surface area contributed by atoms with Gasteiger partial charge in [-0.15, -0.1) is 0 Å². The number of hydroxylamine groups is 1. The molecular formula is C14H10F3NO2. The van der Waals surface area contributed by atoms with Gasteiger partial charge >= 0.3 is 6.18 Å². The maximum absolute atomic E-state index is 12.6. The fourth-order valence-corrected chi connectivity index (χ4v) is 1.64. The van der Waals surface area contributed by atoms with E-state index in [0.29, 0.717) is 11.1 Å². The zero-order valence-corrected chi connectivity index (χ0v) is 10.1. The molecule has 3 nitrogen and oxygen atoms in total. The zero-order valence-electron chi connectivity index (χ0n) is 10.1. The zero-order chi connectivity index (χ0) is 14.8. The third kappa shape index (κ3) is 2.97. The predicted octanol–water partition coefficient (Wildman–Crippen LogP) is 3.74. The minimum absolute atomic E-state index is 0.176. The van der Waals surface area contributed by atoms with Gasteiger partial charge in [0.1, 0.15) is 0 Å². The van der Waals surface area contributed by atoms with Crippen LogP contribution in [0.3, 0.4) is 0 Å². The lowest BCUT2D eigenvalue weighted by molar-refractivity contribution is -0.137. The number of hydrogen-bond acceptors (Lipinski definition) is 2. The summed E-state index contributed by atoms with van der Waals surface area (Å²) in [6.07, 6.45) is -4.54. The minimum Gasteiger partial charge on any atom is -0.281 e. The number of carbonyl (C=O) groups excluding carboxylic acids is 1. The van der Waals surface area contributed by atoms with Crippen LogP contribution in [0.4, 0.5) is 18.9 Å².